The van der Waals surface area contributed by atoms with Crippen molar-refractivity contribution in [2.45, 2.75) is 76.8 Å². The van der Waals surface area contributed by atoms with E-state index in [0.717, 1.165) is 53.5 Å². The molecule has 280 valence electrons. The van der Waals surface area contributed by atoms with Gasteiger partial charge in [0.25, 0.3) is 0 Å². The summed E-state index contributed by atoms with van der Waals surface area (Å²) >= 11 is 0. The van der Waals surface area contributed by atoms with Gasteiger partial charge in [-0.1, -0.05) is 93.6 Å². The molecule has 3 aromatic carbocycles. The van der Waals surface area contributed by atoms with Gasteiger partial charge in [0.15, 0.2) is 23.4 Å². The van der Waals surface area contributed by atoms with Crippen LogP contribution in [0.1, 0.15) is 96.0 Å². The molecule has 0 fully saturated rings. The van der Waals surface area contributed by atoms with Gasteiger partial charge in [0.05, 0.1) is 5.69 Å². The lowest BCUT2D eigenvalue weighted by molar-refractivity contribution is -0.124. The van der Waals surface area contributed by atoms with Crippen LogP contribution < -0.4 is 20.7 Å². The summed E-state index contributed by atoms with van der Waals surface area (Å²) in [6.07, 6.45) is 2.43. The van der Waals surface area contributed by atoms with Crippen molar-refractivity contribution >= 4 is 23.7 Å². The Hall–Kier alpha value is -6.55. The predicted octanol–water partition coefficient (Wildman–Crippen LogP) is 6.71. The minimum absolute atomic E-state index is 0.0272. The quantitative estimate of drug-likeness (QED) is 0.0981. The van der Waals surface area contributed by atoms with E-state index < -0.39 is 41.7 Å². The van der Waals surface area contributed by atoms with Crippen LogP contribution in [0.5, 0.6) is 5.75 Å². The average Bonchev–Trinajstić information content (AvgIpc) is 3.96. The number of alkyl carbamates (subject to hydrolysis) is 1. The number of carbonyl (C=O) groups excluding carboxylic acids is 2. The molecule has 3 aliphatic rings. The second kappa shape index (κ2) is 14.4. The van der Waals surface area contributed by atoms with Crippen molar-refractivity contribution < 1.29 is 37.8 Å². The molecule has 13 heteroatoms. The van der Waals surface area contributed by atoms with Crippen molar-refractivity contribution in [2.24, 2.45) is 5.92 Å². The van der Waals surface area contributed by atoms with Gasteiger partial charge in [-0.2, -0.15) is 0 Å². The standard InChI is InChI=1S/C42H39N5O8/c1-4-5-6-10-14-26-15-11-16-27-33(26)47-40-42(27)28-19-25(17-18-31(28)54-40)20-29(44-41(51)53-21-24-12-8-7-9-13-24)36(48)45-32(23(2)3)38-46-34(35(42)55-38)37-43-30(22-52-37)39(49)50/h7-9,11-13,15-19,22-23,29,32,40,47H,4-6,20-21H2,1-3H3,(H,44,51)(H,45,48)(H,49,50)/t29-,32-,40?,42?/m0/s1. The van der Waals surface area contributed by atoms with Gasteiger partial charge in [-0.05, 0) is 35.6 Å². The SMILES string of the molecule is CCCCC#Cc1cccc2c1NC1Oc3ccc4cc3C21c1oc(nc1-c1nc(C(=O)O)co1)[C@H](C(C)C)NC(=O)[C@@H](NC(=O)OCc1ccccc1)C4. The molecule has 8 rings (SSSR count). The smallest absolute Gasteiger partial charge is 0.408 e. The van der Waals surface area contributed by atoms with Crippen LogP contribution in [0.25, 0.3) is 11.6 Å². The number of nitrogens with one attached hydrogen (secondary N) is 3. The molecule has 2 unspecified atom stereocenters. The Bertz CT molecular complexity index is 2360. The van der Waals surface area contributed by atoms with Gasteiger partial charge >= 0.3 is 12.1 Å². The first-order valence-corrected chi connectivity index (χ1v) is 18.3. The highest BCUT2D eigenvalue weighted by atomic mass is 16.5. The molecule has 2 aromatic heterocycles. The summed E-state index contributed by atoms with van der Waals surface area (Å²) in [5, 5.41) is 19.2. The summed E-state index contributed by atoms with van der Waals surface area (Å²) in [5.41, 5.74) is 3.21. The highest BCUT2D eigenvalue weighted by Crippen LogP contribution is 2.60. The summed E-state index contributed by atoms with van der Waals surface area (Å²) in [7, 11) is 0. The Morgan fingerprint density at radius 1 is 1.07 bits per heavy atom. The number of rotatable bonds is 8. The molecular formula is C42H39N5O8. The van der Waals surface area contributed by atoms with Crippen LogP contribution in [0, 0.1) is 17.8 Å². The summed E-state index contributed by atoms with van der Waals surface area (Å²) in [4.78, 5) is 48.5. The van der Waals surface area contributed by atoms with Crippen LogP contribution in [-0.2, 0) is 28.0 Å². The zero-order chi connectivity index (χ0) is 38.3. The number of benzene rings is 3. The number of carboxylic acids is 1. The predicted molar refractivity (Wildman–Crippen MR) is 199 cm³/mol. The van der Waals surface area contributed by atoms with Crippen LogP contribution in [0.3, 0.4) is 0 Å². The van der Waals surface area contributed by atoms with E-state index >= 15 is 0 Å². The van der Waals surface area contributed by atoms with E-state index in [-0.39, 0.29) is 42.1 Å². The Kier molecular flexibility index (Phi) is 9.26. The zero-order valence-corrected chi connectivity index (χ0v) is 30.5. The van der Waals surface area contributed by atoms with Gasteiger partial charge in [-0.25, -0.2) is 19.6 Å². The number of hydrogen-bond donors (Lipinski definition) is 4. The molecule has 3 aliphatic heterocycles. The number of aromatic nitrogens is 2. The fourth-order valence-corrected chi connectivity index (χ4v) is 7.44. The van der Waals surface area contributed by atoms with Gasteiger partial charge < -0.3 is 39.4 Å². The van der Waals surface area contributed by atoms with Crippen molar-refractivity contribution in [3.63, 3.8) is 0 Å². The Balaban J connectivity index is 1.30. The van der Waals surface area contributed by atoms with Crippen LogP contribution in [0.4, 0.5) is 10.5 Å². The largest absolute Gasteiger partial charge is 0.476 e. The average molecular weight is 742 g/mol. The highest BCUT2D eigenvalue weighted by Gasteiger charge is 2.61. The summed E-state index contributed by atoms with van der Waals surface area (Å²) in [6, 6.07) is 18.9. The number of hydrogen-bond acceptors (Lipinski definition) is 10. The molecule has 13 nitrogen and oxygen atoms in total. The van der Waals surface area contributed by atoms with Gasteiger partial charge in [-0.3, -0.25) is 4.79 Å². The van der Waals surface area contributed by atoms with Crippen molar-refractivity contribution in [3.05, 3.63) is 118 Å². The molecule has 4 N–H and O–H groups in total. The molecule has 5 heterocycles. The maximum atomic E-state index is 14.2. The minimum Gasteiger partial charge on any atom is -0.476 e. The van der Waals surface area contributed by atoms with Crippen LogP contribution in [0.15, 0.2) is 81.8 Å². The zero-order valence-electron chi connectivity index (χ0n) is 30.5. The molecule has 0 radical (unpaired) electrons. The molecule has 0 aliphatic carbocycles. The topological polar surface area (TPSA) is 178 Å². The van der Waals surface area contributed by atoms with Gasteiger partial charge in [-0.15, -0.1) is 0 Å². The molecule has 0 saturated carbocycles. The first-order chi connectivity index (χ1) is 26.7. The lowest BCUT2D eigenvalue weighted by atomic mass is 9.72. The van der Waals surface area contributed by atoms with Crippen LogP contribution in [-0.4, -0.2) is 45.3 Å². The molecular weight excluding hydrogens is 702 g/mol. The number of anilines is 1. The van der Waals surface area contributed by atoms with Crippen LogP contribution >= 0.6 is 0 Å². The molecule has 4 atom stereocenters. The summed E-state index contributed by atoms with van der Waals surface area (Å²) in [6.45, 7) is 5.96. The molecule has 0 saturated heterocycles. The van der Waals surface area contributed by atoms with Crippen molar-refractivity contribution in [3.8, 4) is 29.2 Å². The number of aromatic carboxylic acids is 1. The monoisotopic (exact) mass is 741 g/mol. The molecule has 5 aromatic rings. The third-order valence-electron chi connectivity index (χ3n) is 10.2. The number of amides is 2. The van der Waals surface area contributed by atoms with Gasteiger partial charge in [0.1, 0.15) is 36.1 Å². The normalized spacial score (nSPS) is 20.4. The van der Waals surface area contributed by atoms with E-state index in [2.05, 4.69) is 39.7 Å². The summed E-state index contributed by atoms with van der Waals surface area (Å²) in [5.74, 6) is 5.55. The van der Waals surface area contributed by atoms with Crippen molar-refractivity contribution in [2.75, 3.05) is 5.32 Å². The second-order valence-electron chi connectivity index (χ2n) is 14.2. The Labute approximate surface area is 316 Å². The number of ether oxygens (including phenoxy) is 2. The van der Waals surface area contributed by atoms with E-state index in [4.69, 9.17) is 23.3 Å². The molecule has 4 bridgehead atoms. The van der Waals surface area contributed by atoms with Crippen molar-refractivity contribution in [1.82, 2.24) is 20.6 Å². The number of nitrogens with zero attached hydrogens (tertiary/aromatic N) is 2. The third kappa shape index (κ3) is 6.33. The minimum atomic E-state index is -1.27. The first-order valence-electron chi connectivity index (χ1n) is 18.3. The lowest BCUT2D eigenvalue weighted by Gasteiger charge is -2.28. The second-order valence-corrected chi connectivity index (χ2v) is 14.2. The maximum absolute atomic E-state index is 14.2. The molecule has 1 spiro atoms. The summed E-state index contributed by atoms with van der Waals surface area (Å²) < 4.78 is 24.8. The van der Waals surface area contributed by atoms with E-state index in [1.54, 1.807) is 0 Å². The molecule has 2 amide bonds. The maximum Gasteiger partial charge on any atom is 0.408 e. The highest BCUT2D eigenvalue weighted by molar-refractivity contribution is 5.87. The molecule has 55 heavy (non-hydrogen) atoms. The number of carboxylic acid groups (broad SMARTS) is 1. The third-order valence-corrected chi connectivity index (χ3v) is 10.2. The first kappa shape index (κ1) is 35.5. The number of fused-ring (bicyclic) bond motifs is 4. The van der Waals surface area contributed by atoms with Gasteiger partial charge in [0, 0.05) is 29.5 Å². The van der Waals surface area contributed by atoms with Crippen molar-refractivity contribution in [1.29, 1.82) is 0 Å². The van der Waals surface area contributed by atoms with E-state index in [1.807, 2.05) is 80.6 Å². The fourth-order valence-electron chi connectivity index (χ4n) is 7.44. The number of para-hydroxylation sites is 1. The number of carbonyl (C=O) groups is 3. The number of unbranched alkanes of at least 4 members (excludes halogenated alkanes) is 2. The Morgan fingerprint density at radius 2 is 1.91 bits per heavy atom. The van der Waals surface area contributed by atoms with E-state index in [0.29, 0.717) is 17.1 Å². The fraction of sp³-hybridized carbons (Fsp3) is 0.310. The van der Waals surface area contributed by atoms with Gasteiger partial charge in [0.2, 0.25) is 17.7 Å². The van der Waals surface area contributed by atoms with E-state index in [1.165, 1.54) is 0 Å². The lowest BCUT2D eigenvalue weighted by Crippen LogP contribution is -2.49. The van der Waals surface area contributed by atoms with E-state index in [9.17, 15) is 19.5 Å². The Morgan fingerprint density at radius 3 is 2.67 bits per heavy atom. The number of oxazole rings is 2. The van der Waals surface area contributed by atoms with Crippen LogP contribution in [0.2, 0.25) is 0 Å².